The molecule has 1 aliphatic heterocycles. The van der Waals surface area contributed by atoms with Crippen molar-refractivity contribution in [3.63, 3.8) is 0 Å². The van der Waals surface area contributed by atoms with E-state index in [-0.39, 0.29) is 0 Å². The van der Waals surface area contributed by atoms with Gasteiger partial charge in [-0.3, -0.25) is 0 Å². The Morgan fingerprint density at radius 2 is 2.38 bits per heavy atom. The summed E-state index contributed by atoms with van der Waals surface area (Å²) in [7, 11) is 0. The zero-order valence-electron chi connectivity index (χ0n) is 7.51. The van der Waals surface area contributed by atoms with Crippen molar-refractivity contribution >= 4 is 15.9 Å². The molecule has 0 bridgehead atoms. The first kappa shape index (κ1) is 9.03. The van der Waals surface area contributed by atoms with E-state index in [0.29, 0.717) is 6.04 Å². The van der Waals surface area contributed by atoms with Gasteiger partial charge in [-0.05, 0) is 25.1 Å². The summed E-state index contributed by atoms with van der Waals surface area (Å²) in [6, 6.07) is 6.54. The van der Waals surface area contributed by atoms with Gasteiger partial charge in [0.1, 0.15) is 12.4 Å². The van der Waals surface area contributed by atoms with Gasteiger partial charge in [0.15, 0.2) is 0 Å². The third-order valence-electron chi connectivity index (χ3n) is 2.15. The molecule has 0 spiro atoms. The summed E-state index contributed by atoms with van der Waals surface area (Å²) in [6.07, 6.45) is 0. The van der Waals surface area contributed by atoms with E-state index in [1.807, 2.05) is 12.1 Å². The summed E-state index contributed by atoms with van der Waals surface area (Å²) < 4.78 is 6.74. The summed E-state index contributed by atoms with van der Waals surface area (Å²) in [5.74, 6) is 1.00. The molecule has 1 aliphatic rings. The van der Waals surface area contributed by atoms with Crippen molar-refractivity contribution in [2.24, 2.45) is 0 Å². The molecule has 3 heteroatoms. The van der Waals surface area contributed by atoms with Gasteiger partial charge in [-0.1, -0.05) is 15.9 Å². The molecule has 0 saturated carbocycles. The predicted octanol–water partition coefficient (Wildman–Crippen LogP) is 2.32. The Morgan fingerprint density at radius 3 is 3.23 bits per heavy atom. The zero-order chi connectivity index (χ0) is 9.26. The summed E-state index contributed by atoms with van der Waals surface area (Å²) in [5, 5.41) is 3.38. The van der Waals surface area contributed by atoms with Crippen LogP contribution in [0.5, 0.6) is 5.75 Å². The minimum Gasteiger partial charge on any atom is -0.492 e. The van der Waals surface area contributed by atoms with E-state index in [1.165, 1.54) is 5.56 Å². The fraction of sp³-hybridized carbons (Fsp3) is 0.400. The van der Waals surface area contributed by atoms with Crippen molar-refractivity contribution in [2.75, 3.05) is 6.61 Å². The number of hydrogen-bond acceptors (Lipinski definition) is 2. The number of benzene rings is 1. The van der Waals surface area contributed by atoms with Crippen LogP contribution in [0.3, 0.4) is 0 Å². The van der Waals surface area contributed by atoms with Crippen LogP contribution in [-0.4, -0.2) is 12.6 Å². The van der Waals surface area contributed by atoms with Gasteiger partial charge in [0, 0.05) is 22.6 Å². The second-order valence-electron chi connectivity index (χ2n) is 3.34. The second kappa shape index (κ2) is 3.68. The highest BCUT2D eigenvalue weighted by Crippen LogP contribution is 2.24. The number of hydrogen-bond donors (Lipinski definition) is 1. The van der Waals surface area contributed by atoms with Gasteiger partial charge in [0.05, 0.1) is 0 Å². The normalized spacial score (nSPS) is 21.5. The van der Waals surface area contributed by atoms with Crippen LogP contribution in [0, 0.1) is 0 Å². The third-order valence-corrected chi connectivity index (χ3v) is 2.65. The van der Waals surface area contributed by atoms with Gasteiger partial charge in [-0.25, -0.2) is 0 Å². The van der Waals surface area contributed by atoms with E-state index in [9.17, 15) is 0 Å². The molecule has 2 nitrogen and oxygen atoms in total. The Balaban J connectivity index is 2.30. The third kappa shape index (κ3) is 2.03. The Kier molecular flexibility index (Phi) is 2.56. The fourth-order valence-corrected chi connectivity index (χ4v) is 1.79. The van der Waals surface area contributed by atoms with Crippen LogP contribution < -0.4 is 10.1 Å². The molecule has 1 N–H and O–H groups in total. The van der Waals surface area contributed by atoms with Crippen molar-refractivity contribution in [1.82, 2.24) is 5.32 Å². The monoisotopic (exact) mass is 241 g/mol. The lowest BCUT2D eigenvalue weighted by molar-refractivity contribution is 0.287. The van der Waals surface area contributed by atoms with Gasteiger partial charge >= 0.3 is 0 Å². The van der Waals surface area contributed by atoms with E-state index in [2.05, 4.69) is 34.2 Å². The maximum absolute atomic E-state index is 5.63. The first-order chi connectivity index (χ1) is 6.25. The van der Waals surface area contributed by atoms with Crippen molar-refractivity contribution in [1.29, 1.82) is 0 Å². The van der Waals surface area contributed by atoms with E-state index < -0.39 is 0 Å². The molecule has 0 saturated heterocycles. The Bertz CT molecular complexity index is 314. The minimum absolute atomic E-state index is 0.422. The molecule has 0 radical (unpaired) electrons. The molecule has 1 aromatic rings. The Hall–Kier alpha value is -0.540. The highest BCUT2D eigenvalue weighted by atomic mass is 79.9. The molecule has 70 valence electrons. The van der Waals surface area contributed by atoms with E-state index >= 15 is 0 Å². The highest BCUT2D eigenvalue weighted by molar-refractivity contribution is 9.10. The lowest BCUT2D eigenvalue weighted by Gasteiger charge is -2.07. The summed E-state index contributed by atoms with van der Waals surface area (Å²) >= 11 is 3.45. The summed E-state index contributed by atoms with van der Waals surface area (Å²) in [5.41, 5.74) is 1.22. The van der Waals surface area contributed by atoms with Crippen molar-refractivity contribution in [3.05, 3.63) is 28.2 Å². The largest absolute Gasteiger partial charge is 0.492 e. The highest BCUT2D eigenvalue weighted by Gasteiger charge is 2.12. The van der Waals surface area contributed by atoms with Crippen LogP contribution in [0.4, 0.5) is 0 Å². The fourth-order valence-electron chi connectivity index (χ4n) is 1.38. The predicted molar refractivity (Wildman–Crippen MR) is 55.9 cm³/mol. The molecule has 1 atom stereocenters. The van der Waals surface area contributed by atoms with Crippen LogP contribution in [0.25, 0.3) is 0 Å². The van der Waals surface area contributed by atoms with Crippen LogP contribution in [0.2, 0.25) is 0 Å². The number of halogens is 1. The van der Waals surface area contributed by atoms with Crippen LogP contribution in [0.1, 0.15) is 12.5 Å². The Labute approximate surface area is 86.4 Å². The molecular weight excluding hydrogens is 230 g/mol. The summed E-state index contributed by atoms with van der Waals surface area (Å²) in [6.45, 7) is 3.76. The van der Waals surface area contributed by atoms with Gasteiger partial charge in [-0.15, -0.1) is 0 Å². The summed E-state index contributed by atoms with van der Waals surface area (Å²) in [4.78, 5) is 0. The maximum atomic E-state index is 5.63. The van der Waals surface area contributed by atoms with Gasteiger partial charge < -0.3 is 10.1 Å². The first-order valence-electron chi connectivity index (χ1n) is 4.40. The standard InChI is InChI=1S/C10H12BrNO/c1-7-6-13-10-3-2-9(11)4-8(10)5-12-7/h2-4,7,12H,5-6H2,1H3. The molecule has 0 fully saturated rings. The number of rotatable bonds is 0. The van der Waals surface area contributed by atoms with Crippen LogP contribution in [-0.2, 0) is 6.54 Å². The molecule has 0 aliphatic carbocycles. The topological polar surface area (TPSA) is 21.3 Å². The second-order valence-corrected chi connectivity index (χ2v) is 4.26. The lowest BCUT2D eigenvalue weighted by Crippen LogP contribution is -2.28. The van der Waals surface area contributed by atoms with Crippen LogP contribution >= 0.6 is 15.9 Å². The average molecular weight is 242 g/mol. The lowest BCUT2D eigenvalue weighted by atomic mass is 10.2. The van der Waals surface area contributed by atoms with Crippen molar-refractivity contribution in [3.8, 4) is 5.75 Å². The molecule has 1 heterocycles. The van der Waals surface area contributed by atoms with Crippen molar-refractivity contribution in [2.45, 2.75) is 19.5 Å². The van der Waals surface area contributed by atoms with Crippen molar-refractivity contribution < 1.29 is 4.74 Å². The molecule has 13 heavy (non-hydrogen) atoms. The molecule has 1 aromatic carbocycles. The van der Waals surface area contributed by atoms with Gasteiger partial charge in [0.25, 0.3) is 0 Å². The quantitative estimate of drug-likeness (QED) is 0.753. The van der Waals surface area contributed by atoms with Gasteiger partial charge in [0.2, 0.25) is 0 Å². The molecule has 0 amide bonds. The SMILES string of the molecule is CC1COc2ccc(Br)cc2CN1. The smallest absolute Gasteiger partial charge is 0.123 e. The van der Waals surface area contributed by atoms with E-state index in [4.69, 9.17) is 4.74 Å². The van der Waals surface area contributed by atoms with Crippen LogP contribution in [0.15, 0.2) is 22.7 Å². The molecule has 0 aromatic heterocycles. The van der Waals surface area contributed by atoms with E-state index in [1.54, 1.807) is 0 Å². The maximum Gasteiger partial charge on any atom is 0.123 e. The zero-order valence-corrected chi connectivity index (χ0v) is 9.10. The number of ether oxygens (including phenoxy) is 1. The van der Waals surface area contributed by atoms with Gasteiger partial charge in [-0.2, -0.15) is 0 Å². The number of nitrogens with one attached hydrogen (secondary N) is 1. The molecular formula is C10H12BrNO. The minimum atomic E-state index is 0.422. The average Bonchev–Trinajstić information content (AvgIpc) is 2.29. The molecule has 1 unspecified atom stereocenters. The molecule has 2 rings (SSSR count). The van der Waals surface area contributed by atoms with E-state index in [0.717, 1.165) is 23.4 Å². The Morgan fingerprint density at radius 1 is 1.54 bits per heavy atom. The number of fused-ring (bicyclic) bond motifs is 1. The first-order valence-corrected chi connectivity index (χ1v) is 5.19.